The molecule has 108 valence electrons. The summed E-state index contributed by atoms with van der Waals surface area (Å²) in [5.74, 6) is 0.251. The summed E-state index contributed by atoms with van der Waals surface area (Å²) >= 11 is 1.43. The summed E-state index contributed by atoms with van der Waals surface area (Å²) in [7, 11) is 4.00. The van der Waals surface area contributed by atoms with E-state index in [1.807, 2.05) is 21.0 Å². The molecule has 1 rings (SSSR count). The van der Waals surface area contributed by atoms with Gasteiger partial charge in [0.05, 0.1) is 6.04 Å². The van der Waals surface area contributed by atoms with Crippen molar-refractivity contribution in [2.24, 2.45) is 11.7 Å². The third-order valence-electron chi connectivity index (χ3n) is 2.83. The molecule has 0 aliphatic heterocycles. The van der Waals surface area contributed by atoms with Crippen LogP contribution in [0.25, 0.3) is 0 Å². The van der Waals surface area contributed by atoms with E-state index in [0.717, 1.165) is 11.6 Å². The van der Waals surface area contributed by atoms with Crippen molar-refractivity contribution in [1.29, 1.82) is 0 Å². The van der Waals surface area contributed by atoms with E-state index in [1.54, 1.807) is 5.38 Å². The molecule has 1 heterocycles. The molecule has 1 amide bonds. The molecule has 0 aliphatic carbocycles. The molecule has 0 aromatic carbocycles. The molecule has 1 aromatic heterocycles. The van der Waals surface area contributed by atoms with Gasteiger partial charge in [0.15, 0.2) is 0 Å². The van der Waals surface area contributed by atoms with Gasteiger partial charge in [0.1, 0.15) is 10.7 Å². The first kappa shape index (κ1) is 16.1. The molecule has 3 N–H and O–H groups in total. The zero-order valence-electron chi connectivity index (χ0n) is 12.3. The number of nitrogens with zero attached hydrogens (tertiary/aromatic N) is 2. The summed E-state index contributed by atoms with van der Waals surface area (Å²) in [6.07, 6.45) is 0. The fourth-order valence-electron chi connectivity index (χ4n) is 1.66. The molecule has 5 nitrogen and oxygen atoms in total. The topological polar surface area (TPSA) is 71.2 Å². The van der Waals surface area contributed by atoms with Gasteiger partial charge in [0, 0.05) is 18.0 Å². The Morgan fingerprint density at radius 3 is 2.53 bits per heavy atom. The van der Waals surface area contributed by atoms with E-state index in [-0.39, 0.29) is 18.0 Å². The molecule has 1 aromatic rings. The summed E-state index contributed by atoms with van der Waals surface area (Å²) in [5.41, 5.74) is 6.21. The van der Waals surface area contributed by atoms with Gasteiger partial charge in [-0.15, -0.1) is 11.3 Å². The Morgan fingerprint density at radius 2 is 2.11 bits per heavy atom. The molecular formula is C13H24N4OS. The second-order valence-corrected chi connectivity index (χ2v) is 6.34. The predicted molar refractivity (Wildman–Crippen MR) is 79.4 cm³/mol. The quantitative estimate of drug-likeness (QED) is 0.830. The van der Waals surface area contributed by atoms with Crippen molar-refractivity contribution in [3.8, 4) is 0 Å². The Hall–Kier alpha value is -0.980. The largest absolute Gasteiger partial charge is 0.346 e. The van der Waals surface area contributed by atoms with E-state index in [1.165, 1.54) is 11.3 Å². The van der Waals surface area contributed by atoms with E-state index >= 15 is 0 Å². The number of nitrogens with two attached hydrogens (primary N) is 1. The van der Waals surface area contributed by atoms with Crippen LogP contribution >= 0.6 is 11.3 Å². The number of hydrogen-bond donors (Lipinski definition) is 2. The molecule has 2 unspecified atom stereocenters. The van der Waals surface area contributed by atoms with Crippen LogP contribution in [0.1, 0.15) is 42.3 Å². The normalized spacial score (nSPS) is 14.7. The number of amides is 1. The number of likely N-dealkylation sites (N-methyl/N-ethyl adjacent to an activating group) is 1. The zero-order chi connectivity index (χ0) is 14.6. The minimum Gasteiger partial charge on any atom is -0.346 e. The predicted octanol–water partition coefficient (Wildman–Crippen LogP) is 1.48. The number of aromatic nitrogens is 1. The molecule has 0 spiro atoms. The lowest BCUT2D eigenvalue weighted by molar-refractivity contribution is 0.0912. The minimum absolute atomic E-state index is 0.114. The first-order valence-electron chi connectivity index (χ1n) is 6.47. The molecule has 0 saturated carbocycles. The number of nitrogens with one attached hydrogen (secondary N) is 1. The van der Waals surface area contributed by atoms with Crippen LogP contribution in [0, 0.1) is 5.92 Å². The van der Waals surface area contributed by atoms with Crippen LogP contribution < -0.4 is 11.1 Å². The SMILES string of the molecule is CC(N)c1nc(C(=O)NC(CN(C)C)C(C)C)cs1. The highest BCUT2D eigenvalue weighted by Gasteiger charge is 2.20. The van der Waals surface area contributed by atoms with Crippen LogP contribution in [-0.2, 0) is 0 Å². The van der Waals surface area contributed by atoms with Crippen LogP contribution in [0.4, 0.5) is 0 Å². The summed E-state index contributed by atoms with van der Waals surface area (Å²) in [5, 5.41) is 5.59. The van der Waals surface area contributed by atoms with E-state index < -0.39 is 0 Å². The standard InChI is InChI=1S/C13H24N4OS/c1-8(2)10(6-17(4)5)15-12(18)11-7-19-13(16-11)9(3)14/h7-10H,6,14H2,1-5H3,(H,15,18). The third-order valence-corrected chi connectivity index (χ3v) is 3.87. The van der Waals surface area contributed by atoms with Gasteiger partial charge in [0.2, 0.25) is 0 Å². The van der Waals surface area contributed by atoms with Gasteiger partial charge in [-0.1, -0.05) is 13.8 Å². The maximum atomic E-state index is 12.2. The highest BCUT2D eigenvalue weighted by Crippen LogP contribution is 2.16. The minimum atomic E-state index is -0.130. The molecule has 6 heteroatoms. The Balaban J connectivity index is 2.70. The van der Waals surface area contributed by atoms with Gasteiger partial charge in [-0.3, -0.25) is 4.79 Å². The van der Waals surface area contributed by atoms with Crippen molar-refractivity contribution in [1.82, 2.24) is 15.2 Å². The molecule has 19 heavy (non-hydrogen) atoms. The summed E-state index contributed by atoms with van der Waals surface area (Å²) < 4.78 is 0. The van der Waals surface area contributed by atoms with Crippen LogP contribution in [0.5, 0.6) is 0 Å². The van der Waals surface area contributed by atoms with Crippen LogP contribution in [-0.4, -0.2) is 42.5 Å². The molecule has 0 radical (unpaired) electrons. The molecule has 0 aliphatic rings. The van der Waals surface area contributed by atoms with Crippen LogP contribution in [0.15, 0.2) is 5.38 Å². The Kier molecular flexibility index (Phi) is 5.90. The fourth-order valence-corrected chi connectivity index (χ4v) is 2.42. The van der Waals surface area contributed by atoms with Gasteiger partial charge < -0.3 is 16.0 Å². The van der Waals surface area contributed by atoms with Gasteiger partial charge in [-0.05, 0) is 26.9 Å². The zero-order valence-corrected chi connectivity index (χ0v) is 13.1. The number of rotatable bonds is 6. The van der Waals surface area contributed by atoms with Crippen molar-refractivity contribution in [3.63, 3.8) is 0 Å². The molecule has 0 bridgehead atoms. The van der Waals surface area contributed by atoms with Crippen molar-refractivity contribution in [2.45, 2.75) is 32.9 Å². The van der Waals surface area contributed by atoms with Gasteiger partial charge in [-0.2, -0.15) is 0 Å². The summed E-state index contributed by atoms with van der Waals surface area (Å²) in [6.45, 7) is 6.88. The Bertz CT molecular complexity index is 415. The van der Waals surface area contributed by atoms with Crippen LogP contribution in [0.2, 0.25) is 0 Å². The first-order valence-corrected chi connectivity index (χ1v) is 7.35. The Morgan fingerprint density at radius 1 is 1.47 bits per heavy atom. The average Bonchev–Trinajstić information content (AvgIpc) is 2.76. The number of carbonyl (C=O) groups is 1. The fraction of sp³-hybridized carbons (Fsp3) is 0.692. The lowest BCUT2D eigenvalue weighted by atomic mass is 10.0. The lowest BCUT2D eigenvalue weighted by Gasteiger charge is -2.25. The van der Waals surface area contributed by atoms with Gasteiger partial charge in [0.25, 0.3) is 5.91 Å². The van der Waals surface area contributed by atoms with E-state index in [0.29, 0.717) is 11.6 Å². The Labute approximate surface area is 119 Å². The van der Waals surface area contributed by atoms with Gasteiger partial charge >= 0.3 is 0 Å². The van der Waals surface area contributed by atoms with E-state index in [4.69, 9.17) is 5.73 Å². The van der Waals surface area contributed by atoms with Crippen molar-refractivity contribution in [3.05, 3.63) is 16.1 Å². The second kappa shape index (κ2) is 6.98. The molecule has 0 saturated heterocycles. The van der Waals surface area contributed by atoms with Crippen molar-refractivity contribution < 1.29 is 4.79 Å². The summed E-state index contributed by atoms with van der Waals surface area (Å²) in [4.78, 5) is 18.5. The maximum Gasteiger partial charge on any atom is 0.271 e. The number of hydrogen-bond acceptors (Lipinski definition) is 5. The van der Waals surface area contributed by atoms with Crippen molar-refractivity contribution >= 4 is 17.2 Å². The number of carbonyl (C=O) groups excluding carboxylic acids is 1. The maximum absolute atomic E-state index is 12.2. The highest BCUT2D eigenvalue weighted by atomic mass is 32.1. The first-order chi connectivity index (χ1) is 8.81. The molecule has 2 atom stereocenters. The third kappa shape index (κ3) is 4.89. The number of thiazole rings is 1. The molecule has 0 fully saturated rings. The highest BCUT2D eigenvalue weighted by molar-refractivity contribution is 7.09. The van der Waals surface area contributed by atoms with E-state index in [2.05, 4.69) is 29.0 Å². The van der Waals surface area contributed by atoms with Crippen molar-refractivity contribution in [2.75, 3.05) is 20.6 Å². The lowest BCUT2D eigenvalue weighted by Crippen LogP contribution is -2.45. The smallest absolute Gasteiger partial charge is 0.271 e. The summed E-state index contributed by atoms with van der Waals surface area (Å²) in [6, 6.07) is -0.0165. The molecular weight excluding hydrogens is 260 g/mol. The van der Waals surface area contributed by atoms with Crippen LogP contribution in [0.3, 0.4) is 0 Å². The van der Waals surface area contributed by atoms with E-state index in [9.17, 15) is 4.79 Å². The average molecular weight is 284 g/mol. The second-order valence-electron chi connectivity index (χ2n) is 5.45. The monoisotopic (exact) mass is 284 g/mol. The van der Waals surface area contributed by atoms with Gasteiger partial charge in [-0.25, -0.2) is 4.98 Å².